The van der Waals surface area contributed by atoms with Crippen LogP contribution in [-0.2, 0) is 0 Å². The Labute approximate surface area is 113 Å². The van der Waals surface area contributed by atoms with Gasteiger partial charge in [-0.1, -0.05) is 0 Å². The molecular formula is C13H11N5O2. The van der Waals surface area contributed by atoms with Crippen molar-refractivity contribution in [1.29, 1.82) is 0 Å². The van der Waals surface area contributed by atoms with Gasteiger partial charge >= 0.3 is 0 Å². The third-order valence-electron chi connectivity index (χ3n) is 2.82. The number of aromatic nitrogens is 3. The zero-order chi connectivity index (χ0) is 14.1. The summed E-state index contributed by atoms with van der Waals surface area (Å²) in [5.41, 5.74) is 12.1. The first-order valence-corrected chi connectivity index (χ1v) is 5.81. The molecule has 0 aliphatic heterocycles. The lowest BCUT2D eigenvalue weighted by molar-refractivity contribution is 0.468. The number of fused-ring (bicyclic) bond motifs is 1. The standard InChI is InChI=1S/C13H11N5O2/c14-8-3-4-9(7-2-1-5-16-11(7)8)20-13-10(15)12(19)17-6-18-13/h1-6H,14-15H2,(H,17,18,19). The van der Waals surface area contributed by atoms with E-state index in [-0.39, 0.29) is 11.6 Å². The maximum atomic E-state index is 11.4. The fourth-order valence-corrected chi connectivity index (χ4v) is 1.84. The molecule has 100 valence electrons. The van der Waals surface area contributed by atoms with Crippen LogP contribution in [0.2, 0.25) is 0 Å². The Balaban J connectivity index is 2.14. The van der Waals surface area contributed by atoms with Gasteiger partial charge in [-0.2, -0.15) is 0 Å². The number of aromatic amines is 1. The summed E-state index contributed by atoms with van der Waals surface area (Å²) in [6, 6.07) is 6.94. The Bertz CT molecular complexity index is 844. The van der Waals surface area contributed by atoms with Crippen molar-refractivity contribution in [2.75, 3.05) is 11.5 Å². The second kappa shape index (κ2) is 4.54. The van der Waals surface area contributed by atoms with E-state index in [4.69, 9.17) is 16.2 Å². The summed E-state index contributed by atoms with van der Waals surface area (Å²) in [7, 11) is 0. The third-order valence-corrected chi connectivity index (χ3v) is 2.82. The van der Waals surface area contributed by atoms with Gasteiger partial charge in [0.15, 0.2) is 5.69 Å². The molecule has 7 nitrogen and oxygen atoms in total. The number of ether oxygens (including phenoxy) is 1. The van der Waals surface area contributed by atoms with E-state index in [1.165, 1.54) is 6.33 Å². The molecule has 0 aliphatic rings. The van der Waals surface area contributed by atoms with Gasteiger partial charge in [-0.25, -0.2) is 4.98 Å². The van der Waals surface area contributed by atoms with Crippen molar-refractivity contribution < 1.29 is 4.74 Å². The molecule has 3 aromatic rings. The van der Waals surface area contributed by atoms with Crippen LogP contribution in [0.25, 0.3) is 10.9 Å². The number of hydrogen-bond acceptors (Lipinski definition) is 6. The van der Waals surface area contributed by atoms with Gasteiger partial charge in [0.25, 0.3) is 5.56 Å². The molecule has 20 heavy (non-hydrogen) atoms. The SMILES string of the molecule is Nc1c(Oc2ccc(N)c3ncccc23)nc[nH]c1=O. The predicted octanol–water partition coefficient (Wildman–Crippen LogP) is 1.27. The summed E-state index contributed by atoms with van der Waals surface area (Å²) in [5, 5.41) is 0.717. The van der Waals surface area contributed by atoms with Crippen LogP contribution < -0.4 is 21.8 Å². The summed E-state index contributed by atoms with van der Waals surface area (Å²) >= 11 is 0. The first-order valence-electron chi connectivity index (χ1n) is 5.81. The third kappa shape index (κ3) is 1.91. The first-order chi connectivity index (χ1) is 9.66. The van der Waals surface area contributed by atoms with Gasteiger partial charge in [0.05, 0.1) is 17.5 Å². The van der Waals surface area contributed by atoms with E-state index < -0.39 is 5.56 Å². The number of nitrogens with one attached hydrogen (secondary N) is 1. The number of rotatable bonds is 2. The average molecular weight is 269 g/mol. The highest BCUT2D eigenvalue weighted by Crippen LogP contribution is 2.32. The van der Waals surface area contributed by atoms with Crippen LogP contribution in [0.5, 0.6) is 11.6 Å². The fraction of sp³-hybridized carbons (Fsp3) is 0. The van der Waals surface area contributed by atoms with Gasteiger partial charge in [-0.05, 0) is 24.3 Å². The molecule has 1 aromatic carbocycles. The second-order valence-electron chi connectivity index (χ2n) is 4.11. The van der Waals surface area contributed by atoms with E-state index >= 15 is 0 Å². The molecule has 2 heterocycles. The molecular weight excluding hydrogens is 258 g/mol. The largest absolute Gasteiger partial charge is 0.436 e. The maximum Gasteiger partial charge on any atom is 0.277 e. The molecule has 0 amide bonds. The van der Waals surface area contributed by atoms with E-state index in [0.29, 0.717) is 22.3 Å². The Hall–Kier alpha value is -3.09. The van der Waals surface area contributed by atoms with Gasteiger partial charge in [0, 0.05) is 11.6 Å². The van der Waals surface area contributed by atoms with Crippen LogP contribution in [0.15, 0.2) is 41.6 Å². The highest BCUT2D eigenvalue weighted by molar-refractivity contribution is 5.93. The molecule has 0 saturated heterocycles. The van der Waals surface area contributed by atoms with E-state index in [2.05, 4.69) is 15.0 Å². The van der Waals surface area contributed by atoms with Crippen LogP contribution in [0.3, 0.4) is 0 Å². The van der Waals surface area contributed by atoms with E-state index in [1.54, 1.807) is 24.4 Å². The van der Waals surface area contributed by atoms with Crippen molar-refractivity contribution in [2.45, 2.75) is 0 Å². The minimum atomic E-state index is -0.451. The summed E-state index contributed by atoms with van der Waals surface area (Å²) in [6.07, 6.45) is 2.87. The van der Waals surface area contributed by atoms with Crippen LogP contribution in [0, 0.1) is 0 Å². The molecule has 7 heteroatoms. The van der Waals surface area contributed by atoms with Gasteiger partial charge in [0.1, 0.15) is 5.75 Å². The molecule has 0 aliphatic carbocycles. The number of H-pyrrole nitrogens is 1. The number of nitrogen functional groups attached to an aromatic ring is 2. The number of nitrogens with two attached hydrogens (primary N) is 2. The smallest absolute Gasteiger partial charge is 0.277 e. The lowest BCUT2D eigenvalue weighted by Gasteiger charge is -2.09. The molecule has 3 rings (SSSR count). The summed E-state index contributed by atoms with van der Waals surface area (Å²) < 4.78 is 5.61. The van der Waals surface area contributed by atoms with E-state index in [9.17, 15) is 4.79 Å². The molecule has 0 radical (unpaired) electrons. The van der Waals surface area contributed by atoms with Crippen molar-refractivity contribution in [1.82, 2.24) is 15.0 Å². The van der Waals surface area contributed by atoms with Gasteiger partial charge in [0.2, 0.25) is 5.88 Å². The Morgan fingerprint density at radius 3 is 2.85 bits per heavy atom. The zero-order valence-electron chi connectivity index (χ0n) is 10.3. The van der Waals surface area contributed by atoms with E-state index in [0.717, 1.165) is 0 Å². The lowest BCUT2D eigenvalue weighted by atomic mass is 10.2. The van der Waals surface area contributed by atoms with Crippen molar-refractivity contribution >= 4 is 22.3 Å². The second-order valence-corrected chi connectivity index (χ2v) is 4.11. The van der Waals surface area contributed by atoms with Crippen LogP contribution >= 0.6 is 0 Å². The van der Waals surface area contributed by atoms with Crippen molar-refractivity contribution in [3.05, 3.63) is 47.1 Å². The first kappa shape index (κ1) is 12.0. The van der Waals surface area contributed by atoms with Crippen molar-refractivity contribution in [3.63, 3.8) is 0 Å². The number of benzene rings is 1. The van der Waals surface area contributed by atoms with Crippen LogP contribution in [0.1, 0.15) is 0 Å². The molecule has 0 saturated carbocycles. The molecule has 0 bridgehead atoms. The van der Waals surface area contributed by atoms with Crippen LogP contribution in [0.4, 0.5) is 11.4 Å². The van der Waals surface area contributed by atoms with Crippen molar-refractivity contribution in [3.8, 4) is 11.6 Å². The zero-order valence-corrected chi connectivity index (χ0v) is 10.3. The normalized spacial score (nSPS) is 10.6. The monoisotopic (exact) mass is 269 g/mol. The van der Waals surface area contributed by atoms with Gasteiger partial charge in [-0.15, -0.1) is 0 Å². The minimum Gasteiger partial charge on any atom is -0.436 e. The average Bonchev–Trinajstić information content (AvgIpc) is 2.47. The molecule has 5 N–H and O–H groups in total. The topological polar surface area (TPSA) is 120 Å². The summed E-state index contributed by atoms with van der Waals surface area (Å²) in [4.78, 5) is 21.9. The lowest BCUT2D eigenvalue weighted by Crippen LogP contribution is -2.13. The molecule has 2 aromatic heterocycles. The minimum absolute atomic E-state index is 0.0451. The number of hydrogen-bond donors (Lipinski definition) is 3. The van der Waals surface area contributed by atoms with Gasteiger partial charge < -0.3 is 21.2 Å². The Morgan fingerprint density at radius 1 is 1.15 bits per heavy atom. The van der Waals surface area contributed by atoms with Crippen LogP contribution in [-0.4, -0.2) is 15.0 Å². The summed E-state index contributed by atoms with van der Waals surface area (Å²) in [5.74, 6) is 0.524. The summed E-state index contributed by atoms with van der Waals surface area (Å²) in [6.45, 7) is 0. The molecule has 0 spiro atoms. The highest BCUT2D eigenvalue weighted by atomic mass is 16.5. The number of pyridine rings is 1. The quantitative estimate of drug-likeness (QED) is 0.602. The molecule has 0 fully saturated rings. The fourth-order valence-electron chi connectivity index (χ4n) is 1.84. The molecule has 0 atom stereocenters. The highest BCUT2D eigenvalue weighted by Gasteiger charge is 2.11. The van der Waals surface area contributed by atoms with Crippen molar-refractivity contribution in [2.24, 2.45) is 0 Å². The van der Waals surface area contributed by atoms with E-state index in [1.807, 2.05) is 6.07 Å². The maximum absolute atomic E-state index is 11.4. The number of nitrogens with zero attached hydrogens (tertiary/aromatic N) is 2. The van der Waals surface area contributed by atoms with Gasteiger partial charge in [-0.3, -0.25) is 9.78 Å². The molecule has 0 unspecified atom stereocenters. The Kier molecular flexibility index (Phi) is 2.72. The predicted molar refractivity (Wildman–Crippen MR) is 75.5 cm³/mol. The number of anilines is 2. The Morgan fingerprint density at radius 2 is 2.00 bits per heavy atom.